The number of hydrogen-bond donors (Lipinski definition) is 1. The first-order valence-electron chi connectivity index (χ1n) is 13.3. The van der Waals surface area contributed by atoms with Crippen molar-refractivity contribution in [1.29, 1.82) is 0 Å². The fourth-order valence-electron chi connectivity index (χ4n) is 4.28. The number of nitrogens with zero attached hydrogens (tertiary/aromatic N) is 2. The summed E-state index contributed by atoms with van der Waals surface area (Å²) in [5.74, 6) is -1.31. The van der Waals surface area contributed by atoms with Gasteiger partial charge in [-0.3, -0.25) is 13.9 Å². The van der Waals surface area contributed by atoms with Gasteiger partial charge in [-0.1, -0.05) is 72.6 Å². The maximum atomic E-state index is 14.1. The minimum Gasteiger partial charge on any atom is -0.352 e. The highest BCUT2D eigenvalue weighted by Crippen LogP contribution is 2.32. The van der Waals surface area contributed by atoms with Crippen LogP contribution in [-0.4, -0.2) is 50.0 Å². The normalized spacial score (nSPS) is 13.2. The van der Waals surface area contributed by atoms with Gasteiger partial charge in [-0.05, 0) is 54.8 Å². The smallest absolute Gasteiger partial charge is 0.352 e. The predicted octanol–water partition coefficient (Wildman–Crippen LogP) is 6.33. The van der Waals surface area contributed by atoms with E-state index in [1.807, 2.05) is 6.92 Å². The first-order valence-corrected chi connectivity index (χ1v) is 15.9. The molecular formula is C30H32Cl2F3N3O4S. The van der Waals surface area contributed by atoms with Crippen LogP contribution in [0, 0.1) is 0 Å². The fourth-order valence-corrected chi connectivity index (χ4v) is 5.59. The highest BCUT2D eigenvalue weighted by molar-refractivity contribution is 7.92. The second kappa shape index (κ2) is 14.5. The summed E-state index contributed by atoms with van der Waals surface area (Å²) in [5.41, 5.74) is -0.270. The van der Waals surface area contributed by atoms with E-state index >= 15 is 0 Å². The minimum absolute atomic E-state index is 0.0719. The van der Waals surface area contributed by atoms with Gasteiger partial charge >= 0.3 is 6.18 Å². The third-order valence-electron chi connectivity index (χ3n) is 6.77. The zero-order valence-electron chi connectivity index (χ0n) is 23.7. The average Bonchev–Trinajstić information content (AvgIpc) is 2.93. The molecular weight excluding hydrogens is 626 g/mol. The van der Waals surface area contributed by atoms with Gasteiger partial charge in [-0.2, -0.15) is 13.2 Å². The van der Waals surface area contributed by atoms with Gasteiger partial charge < -0.3 is 10.2 Å². The van der Waals surface area contributed by atoms with Gasteiger partial charge in [-0.25, -0.2) is 8.42 Å². The highest BCUT2D eigenvalue weighted by Gasteiger charge is 2.35. The molecule has 2 atom stereocenters. The van der Waals surface area contributed by atoms with Crippen LogP contribution in [0.5, 0.6) is 0 Å². The molecule has 0 bridgehead atoms. The lowest BCUT2D eigenvalue weighted by Crippen LogP contribution is -2.54. The maximum Gasteiger partial charge on any atom is 0.416 e. The van der Waals surface area contributed by atoms with E-state index in [4.69, 9.17) is 23.2 Å². The van der Waals surface area contributed by atoms with Gasteiger partial charge in [0.1, 0.15) is 12.6 Å². The zero-order valence-corrected chi connectivity index (χ0v) is 26.1. The first kappa shape index (κ1) is 34.2. The Labute approximate surface area is 259 Å². The second-order valence-corrected chi connectivity index (χ2v) is 12.8. The number of carbonyl (C=O) groups excluding carboxylic acids is 2. The summed E-state index contributed by atoms with van der Waals surface area (Å²) in [6.45, 7) is 2.61. The lowest BCUT2D eigenvalue weighted by atomic mass is 10.0. The number of benzene rings is 3. The van der Waals surface area contributed by atoms with E-state index in [2.05, 4.69) is 5.32 Å². The van der Waals surface area contributed by atoms with E-state index in [1.54, 1.807) is 49.4 Å². The molecule has 3 rings (SSSR count). The van der Waals surface area contributed by atoms with Crippen LogP contribution >= 0.6 is 23.2 Å². The molecule has 0 spiro atoms. The summed E-state index contributed by atoms with van der Waals surface area (Å²) < 4.78 is 66.6. The summed E-state index contributed by atoms with van der Waals surface area (Å²) in [6.07, 6.45) is -3.27. The van der Waals surface area contributed by atoms with Gasteiger partial charge in [0.2, 0.25) is 21.8 Å². The summed E-state index contributed by atoms with van der Waals surface area (Å²) >= 11 is 12.5. The number of halogens is 5. The Kier molecular flexibility index (Phi) is 11.5. The van der Waals surface area contributed by atoms with Crippen molar-refractivity contribution in [3.8, 4) is 0 Å². The van der Waals surface area contributed by atoms with Crippen LogP contribution in [0.3, 0.4) is 0 Å². The van der Waals surface area contributed by atoms with Crippen molar-refractivity contribution in [2.75, 3.05) is 17.1 Å². The Morgan fingerprint density at radius 2 is 1.65 bits per heavy atom. The Morgan fingerprint density at radius 3 is 2.23 bits per heavy atom. The molecule has 0 saturated heterocycles. The van der Waals surface area contributed by atoms with Crippen LogP contribution in [0.15, 0.2) is 72.8 Å². The standard InChI is InChI=1S/C30H32Cl2F3N3O4S/c1-4-20(2)36-29(40)27(15-21-9-6-5-7-10-21)37(18-22-13-14-24(31)17-26(22)32)28(39)19-38(43(3,41)42)25-12-8-11-23(16-25)30(33,34)35/h5-14,16-17,20,27H,4,15,18-19H2,1-3H3,(H,36,40)/t20-,27+/m1/s1. The van der Waals surface area contributed by atoms with Gasteiger partial charge in [0, 0.05) is 29.1 Å². The van der Waals surface area contributed by atoms with Crippen LogP contribution < -0.4 is 9.62 Å². The lowest BCUT2D eigenvalue weighted by molar-refractivity contribution is -0.140. The number of sulfonamides is 1. The largest absolute Gasteiger partial charge is 0.416 e. The summed E-state index contributed by atoms with van der Waals surface area (Å²) in [5, 5.41) is 3.44. The number of amides is 2. The van der Waals surface area contributed by atoms with Crippen molar-refractivity contribution < 1.29 is 31.2 Å². The summed E-state index contributed by atoms with van der Waals surface area (Å²) in [7, 11) is -4.25. The van der Waals surface area contributed by atoms with Crippen LogP contribution in [0.25, 0.3) is 0 Å². The summed E-state index contributed by atoms with van der Waals surface area (Å²) in [6, 6.07) is 15.9. The molecule has 0 aliphatic rings. The molecule has 0 unspecified atom stereocenters. The van der Waals surface area contributed by atoms with E-state index in [0.29, 0.717) is 27.4 Å². The lowest BCUT2D eigenvalue weighted by Gasteiger charge is -2.34. The minimum atomic E-state index is -4.74. The molecule has 7 nitrogen and oxygen atoms in total. The quantitative estimate of drug-likeness (QED) is 0.247. The van der Waals surface area contributed by atoms with Crippen molar-refractivity contribution in [3.05, 3.63) is 99.5 Å². The number of nitrogens with one attached hydrogen (secondary N) is 1. The first-order chi connectivity index (χ1) is 20.1. The molecule has 0 aliphatic carbocycles. The Morgan fingerprint density at radius 1 is 0.977 bits per heavy atom. The Hall–Kier alpha value is -3.28. The Bertz CT molecular complexity index is 1540. The number of hydrogen-bond acceptors (Lipinski definition) is 4. The molecule has 0 aliphatic heterocycles. The van der Waals surface area contributed by atoms with Crippen LogP contribution in [-0.2, 0) is 38.8 Å². The second-order valence-electron chi connectivity index (χ2n) is 10.1. The van der Waals surface area contributed by atoms with E-state index < -0.39 is 46.2 Å². The predicted molar refractivity (Wildman–Crippen MR) is 162 cm³/mol. The van der Waals surface area contributed by atoms with Gasteiger partial charge in [0.25, 0.3) is 0 Å². The summed E-state index contributed by atoms with van der Waals surface area (Å²) in [4.78, 5) is 29.0. The molecule has 0 fully saturated rings. The van der Waals surface area contributed by atoms with Crippen molar-refractivity contribution in [2.45, 2.75) is 51.5 Å². The van der Waals surface area contributed by atoms with Crippen molar-refractivity contribution in [1.82, 2.24) is 10.2 Å². The molecule has 232 valence electrons. The molecule has 3 aromatic rings. The number of rotatable bonds is 12. The van der Waals surface area contributed by atoms with Gasteiger partial charge in [0.05, 0.1) is 17.5 Å². The van der Waals surface area contributed by atoms with Crippen LogP contribution in [0.4, 0.5) is 18.9 Å². The molecule has 13 heteroatoms. The molecule has 0 radical (unpaired) electrons. The Balaban J connectivity index is 2.11. The fraction of sp³-hybridized carbons (Fsp3) is 0.333. The molecule has 43 heavy (non-hydrogen) atoms. The van der Waals surface area contributed by atoms with E-state index in [9.17, 15) is 31.2 Å². The highest BCUT2D eigenvalue weighted by atomic mass is 35.5. The topological polar surface area (TPSA) is 86.8 Å². The molecule has 1 N–H and O–H groups in total. The maximum absolute atomic E-state index is 14.1. The number of carbonyl (C=O) groups is 2. The monoisotopic (exact) mass is 657 g/mol. The molecule has 0 aromatic heterocycles. The number of alkyl halides is 3. The third-order valence-corrected chi connectivity index (χ3v) is 8.50. The van der Waals surface area contributed by atoms with Gasteiger partial charge in [0.15, 0.2) is 0 Å². The molecule has 0 heterocycles. The SMILES string of the molecule is CC[C@@H](C)NC(=O)[C@H](Cc1ccccc1)N(Cc1ccc(Cl)cc1Cl)C(=O)CN(c1cccc(C(F)(F)F)c1)S(C)(=O)=O. The average molecular weight is 659 g/mol. The molecule has 3 aromatic carbocycles. The van der Waals surface area contributed by atoms with E-state index in [-0.39, 0.29) is 29.7 Å². The zero-order chi connectivity index (χ0) is 31.9. The number of anilines is 1. The van der Waals surface area contributed by atoms with E-state index in [1.165, 1.54) is 17.0 Å². The van der Waals surface area contributed by atoms with Crippen molar-refractivity contribution in [2.24, 2.45) is 0 Å². The third kappa shape index (κ3) is 9.61. The van der Waals surface area contributed by atoms with Crippen LogP contribution in [0.2, 0.25) is 10.0 Å². The van der Waals surface area contributed by atoms with Crippen molar-refractivity contribution >= 4 is 50.7 Å². The van der Waals surface area contributed by atoms with E-state index in [0.717, 1.165) is 24.0 Å². The molecule has 0 saturated carbocycles. The van der Waals surface area contributed by atoms with Gasteiger partial charge in [-0.15, -0.1) is 0 Å². The van der Waals surface area contributed by atoms with Crippen LogP contribution in [0.1, 0.15) is 37.0 Å². The molecule has 2 amide bonds. The van der Waals surface area contributed by atoms with Crippen molar-refractivity contribution in [3.63, 3.8) is 0 Å².